The van der Waals surface area contributed by atoms with Crippen LogP contribution < -0.4 is 20.5 Å². The highest BCUT2D eigenvalue weighted by Gasteiger charge is 2.28. The maximum absolute atomic E-state index is 15.2. The first kappa shape index (κ1) is 62.6. The molecule has 0 heterocycles. The van der Waals surface area contributed by atoms with E-state index >= 15 is 4.79 Å². The Balaban J connectivity index is 2.20. The zero-order valence-electron chi connectivity index (χ0n) is 43.4. The summed E-state index contributed by atoms with van der Waals surface area (Å²) in [4.78, 5) is 33.3. The van der Waals surface area contributed by atoms with Crippen molar-refractivity contribution in [1.29, 1.82) is 0 Å². The molecule has 0 atom stereocenters. The number of carbonyl (C=O) groups excluding carboxylic acids is 2. The van der Waals surface area contributed by atoms with Crippen molar-refractivity contribution in [2.45, 2.75) is 39.4 Å². The Morgan fingerprint density at radius 2 is 1.21 bits per heavy atom. The lowest BCUT2D eigenvalue weighted by molar-refractivity contribution is -0.128. The van der Waals surface area contributed by atoms with E-state index in [9.17, 15) is 17.8 Å². The van der Waals surface area contributed by atoms with Crippen molar-refractivity contribution in [2.75, 3.05) is 160 Å². The number of nitrogens with zero attached hydrogens (tertiary/aromatic N) is 1. The van der Waals surface area contributed by atoms with Crippen molar-refractivity contribution in [2.24, 2.45) is 10.7 Å². The maximum atomic E-state index is 15.2. The van der Waals surface area contributed by atoms with E-state index < -0.39 is 34.0 Å². The summed E-state index contributed by atoms with van der Waals surface area (Å²) in [6.45, 7) is 10.6. The predicted octanol–water partition coefficient (Wildman–Crippen LogP) is 3.65. The second-order valence-corrected chi connectivity index (χ2v) is 18.0. The van der Waals surface area contributed by atoms with Crippen molar-refractivity contribution < 1.29 is 84.1 Å². The number of hydrogen-bond donors (Lipinski definition) is 3. The molecule has 0 saturated carbocycles. The molecular weight excluding hydrogens is 975 g/mol. The zero-order chi connectivity index (χ0) is 53.3. The Kier molecular flexibility index (Phi) is 31.2. The molecule has 0 spiro atoms. The highest BCUT2D eigenvalue weighted by atomic mass is 32.2. The van der Waals surface area contributed by atoms with Gasteiger partial charge in [0, 0.05) is 59.2 Å². The quantitative estimate of drug-likeness (QED) is 0.0283. The smallest absolute Gasteiger partial charge is 0.344 e. The molecule has 0 unspecified atom stereocenters. The van der Waals surface area contributed by atoms with Crippen LogP contribution in [0.2, 0.25) is 0 Å². The van der Waals surface area contributed by atoms with E-state index in [4.69, 9.17) is 72.3 Å². The van der Waals surface area contributed by atoms with Crippen molar-refractivity contribution >= 4 is 33.3 Å². The Hall–Kier alpha value is -4.66. The van der Waals surface area contributed by atoms with Gasteiger partial charge in [-0.3, -0.25) is 14.3 Å². The van der Waals surface area contributed by atoms with E-state index in [1.165, 1.54) is 0 Å². The number of hydrogen-bond acceptors (Lipinski definition) is 19. The molecule has 2 aromatic carbocycles. The lowest BCUT2D eigenvalue weighted by atomic mass is 9.90. The van der Waals surface area contributed by atoms with Gasteiger partial charge < -0.3 is 72.6 Å². The SMILES string of the molecule is COCCOCC(COCCOC)OC1=CC(=C(\C(=O)Oc2c(C)cc(C(=O)NCCOCCOCCN)cc2C)c2cc(OC(COCCOC)COCCOC)ccc2C)/C(=N/CCCS(=O)(=O)O)C=C1. The summed E-state index contributed by atoms with van der Waals surface area (Å²) < 4.78 is 107. The first-order valence-corrected chi connectivity index (χ1v) is 25.7. The summed E-state index contributed by atoms with van der Waals surface area (Å²) in [5.74, 6) is -0.779. The van der Waals surface area contributed by atoms with Crippen molar-refractivity contribution in [1.82, 2.24) is 5.32 Å². The highest BCUT2D eigenvalue weighted by molar-refractivity contribution is 7.85. The van der Waals surface area contributed by atoms with Gasteiger partial charge in [-0.25, -0.2) is 4.79 Å². The van der Waals surface area contributed by atoms with Crippen molar-refractivity contribution in [3.63, 3.8) is 0 Å². The molecule has 0 aromatic heterocycles. The molecule has 3 rings (SSSR count). The van der Waals surface area contributed by atoms with Crippen LogP contribution in [0.5, 0.6) is 11.5 Å². The molecule has 0 aliphatic heterocycles. The summed E-state index contributed by atoms with van der Waals surface area (Å²) in [7, 11) is 2.01. The van der Waals surface area contributed by atoms with Gasteiger partial charge >= 0.3 is 5.97 Å². The highest BCUT2D eigenvalue weighted by Crippen LogP contribution is 2.34. The predicted molar refractivity (Wildman–Crippen MR) is 273 cm³/mol. The molecule has 1 aliphatic rings. The molecular formula is C51H77N3O18S. The minimum absolute atomic E-state index is 0.0197. The molecule has 0 radical (unpaired) electrons. The van der Waals surface area contributed by atoms with Gasteiger partial charge in [-0.05, 0) is 91.9 Å². The summed E-state index contributed by atoms with van der Waals surface area (Å²) in [5.41, 5.74) is 8.44. The van der Waals surface area contributed by atoms with E-state index in [-0.39, 0.29) is 81.1 Å². The normalized spacial score (nSPS) is 14.0. The molecule has 1 aliphatic carbocycles. The van der Waals surface area contributed by atoms with Gasteiger partial charge in [0.1, 0.15) is 29.5 Å². The molecule has 0 fully saturated rings. The Labute approximate surface area is 430 Å². The second-order valence-electron chi connectivity index (χ2n) is 16.4. The zero-order valence-corrected chi connectivity index (χ0v) is 44.3. The largest absolute Gasteiger partial charge is 0.486 e. The number of nitrogens with two attached hydrogens (primary N) is 1. The number of amides is 1. The van der Waals surface area contributed by atoms with E-state index in [2.05, 4.69) is 5.32 Å². The molecule has 4 N–H and O–H groups in total. The lowest BCUT2D eigenvalue weighted by Gasteiger charge is -2.24. The van der Waals surface area contributed by atoms with Crippen LogP contribution in [0.3, 0.4) is 0 Å². The van der Waals surface area contributed by atoms with Crippen LogP contribution in [0.1, 0.15) is 39.0 Å². The topological polar surface area (TPSA) is 259 Å². The minimum atomic E-state index is -4.29. The van der Waals surface area contributed by atoms with E-state index in [0.29, 0.717) is 119 Å². The summed E-state index contributed by atoms with van der Waals surface area (Å²) in [5, 5.41) is 2.85. The van der Waals surface area contributed by atoms with Gasteiger partial charge in [0.25, 0.3) is 16.0 Å². The summed E-state index contributed by atoms with van der Waals surface area (Å²) in [6, 6.07) is 8.52. The number of benzene rings is 2. The van der Waals surface area contributed by atoms with Gasteiger partial charge in [-0.2, -0.15) is 8.42 Å². The van der Waals surface area contributed by atoms with Crippen LogP contribution in [0, 0.1) is 20.8 Å². The van der Waals surface area contributed by atoms with Crippen LogP contribution >= 0.6 is 0 Å². The van der Waals surface area contributed by atoms with Gasteiger partial charge in [0.2, 0.25) is 0 Å². The first-order chi connectivity index (χ1) is 35.2. The number of esters is 1. The van der Waals surface area contributed by atoms with Crippen LogP contribution in [0.25, 0.3) is 5.57 Å². The van der Waals surface area contributed by atoms with E-state index in [0.717, 1.165) is 0 Å². The third-order valence-electron chi connectivity index (χ3n) is 10.4. The second kappa shape index (κ2) is 36.3. The van der Waals surface area contributed by atoms with E-state index in [1.54, 1.807) is 90.8 Å². The molecule has 410 valence electrons. The van der Waals surface area contributed by atoms with Crippen LogP contribution in [-0.2, 0) is 67.0 Å². The average molecular weight is 1050 g/mol. The first-order valence-electron chi connectivity index (χ1n) is 24.1. The van der Waals surface area contributed by atoms with Gasteiger partial charge in [-0.1, -0.05) is 6.07 Å². The van der Waals surface area contributed by atoms with Gasteiger partial charge in [-0.15, -0.1) is 0 Å². The molecule has 1 amide bonds. The molecule has 2 aromatic rings. The minimum Gasteiger partial charge on any atom is -0.486 e. The summed E-state index contributed by atoms with van der Waals surface area (Å²) >= 11 is 0. The number of allylic oxidation sites excluding steroid dienone is 4. The number of aryl methyl sites for hydroxylation is 3. The fourth-order valence-corrected chi connectivity index (χ4v) is 7.35. The third-order valence-corrected chi connectivity index (χ3v) is 11.2. The molecule has 73 heavy (non-hydrogen) atoms. The molecule has 0 bridgehead atoms. The van der Waals surface area contributed by atoms with E-state index in [1.807, 2.05) is 6.92 Å². The maximum Gasteiger partial charge on any atom is 0.344 e. The summed E-state index contributed by atoms with van der Waals surface area (Å²) in [6.07, 6.45) is 3.71. The Morgan fingerprint density at radius 1 is 0.671 bits per heavy atom. The number of rotatable bonds is 40. The number of aliphatic imine (C=N–C) groups is 1. The van der Waals surface area contributed by atoms with Crippen LogP contribution in [-0.4, -0.2) is 202 Å². The lowest BCUT2D eigenvalue weighted by Crippen LogP contribution is -2.30. The number of ether oxygens (including phenoxy) is 13. The standard InChI is InChI=1S/C51H77N3O18S/c1-37-9-10-41(70-43(33-66-22-18-60-4)34-67-23-19-61-5)31-45(37)48(51(56)72-49-38(2)29-40(30-39(49)3)50(55)54-15-17-65-27-26-64-16-13-52)46-32-42(11-12-47(46)53-14-8-28-73(57,58)59)71-44(35-68-24-20-62-6)36-69-25-21-63-7/h9-12,29-32,43-44H,8,13-28,33-36,52H2,1-7H3,(H,54,55)(H,57,58,59)/b48-46+,53-47+. The third kappa shape index (κ3) is 25.0. The Morgan fingerprint density at radius 3 is 1.74 bits per heavy atom. The number of nitrogens with one attached hydrogen (secondary N) is 1. The molecule has 21 nitrogen and oxygen atoms in total. The number of methoxy groups -OCH3 is 4. The van der Waals surface area contributed by atoms with Crippen LogP contribution in [0.4, 0.5) is 0 Å². The fourth-order valence-electron chi connectivity index (χ4n) is 6.86. The molecule has 22 heteroatoms. The molecule has 0 saturated heterocycles. The average Bonchev–Trinajstić information content (AvgIpc) is 3.36. The van der Waals surface area contributed by atoms with Crippen molar-refractivity contribution in [3.8, 4) is 11.5 Å². The van der Waals surface area contributed by atoms with Gasteiger partial charge in [0.05, 0.1) is 123 Å². The Bertz CT molecular complexity index is 2150. The van der Waals surface area contributed by atoms with Crippen molar-refractivity contribution in [3.05, 3.63) is 87.7 Å². The van der Waals surface area contributed by atoms with Crippen LogP contribution in [0.15, 0.2) is 64.9 Å². The monoisotopic (exact) mass is 1050 g/mol. The number of carbonyl (C=O) groups is 2. The fraction of sp³-hybridized carbons (Fsp3) is 0.588. The van der Waals surface area contributed by atoms with Gasteiger partial charge in [0.15, 0.2) is 0 Å².